The van der Waals surface area contributed by atoms with Crippen molar-refractivity contribution in [1.82, 2.24) is 10.6 Å². The monoisotopic (exact) mass is 505 g/mol. The van der Waals surface area contributed by atoms with E-state index in [1.54, 1.807) is 0 Å². The van der Waals surface area contributed by atoms with Gasteiger partial charge in [-0.2, -0.15) is 0 Å². The molecule has 0 heterocycles. The van der Waals surface area contributed by atoms with Gasteiger partial charge in [-0.25, -0.2) is 4.79 Å². The largest absolute Gasteiger partial charge is 0.370 e. The molecule has 0 unspecified atom stereocenters. The highest BCUT2D eigenvalue weighted by Gasteiger charge is 2.19. The van der Waals surface area contributed by atoms with E-state index in [-0.39, 0.29) is 5.96 Å². The van der Waals surface area contributed by atoms with Crippen molar-refractivity contribution in [2.45, 2.75) is 64.0 Å². The maximum absolute atomic E-state index is 12.8. The van der Waals surface area contributed by atoms with E-state index in [0.29, 0.717) is 31.8 Å². The molecule has 0 bridgehead atoms. The molecule has 0 aromatic heterocycles. The van der Waals surface area contributed by atoms with Gasteiger partial charge in [0.1, 0.15) is 11.9 Å². The molecule has 8 N–H and O–H groups in total. The van der Waals surface area contributed by atoms with Gasteiger partial charge in [0.2, 0.25) is 5.91 Å². The lowest BCUT2D eigenvalue weighted by atomic mass is 9.85. The van der Waals surface area contributed by atoms with E-state index >= 15 is 0 Å². The standard InChI is InChI=1S/C28H39N7O2/c29-25(36)24(12-7-17-32-27(30)31)34-28(37)35-26(33-19-22-10-5-2-6-11-22)23-15-13-21(14-16-23)18-20-8-3-1-4-9-20/h2,5-6,10-11,13-16,20,24H,1,3-4,7-9,12,17-19H2,(H2,29,36)(H4,30,31,32)(H2,33,34,35,37)/t24-/m0/s1. The van der Waals surface area contributed by atoms with Gasteiger partial charge in [0.25, 0.3) is 0 Å². The van der Waals surface area contributed by atoms with Crippen molar-refractivity contribution >= 4 is 23.7 Å². The Kier molecular flexibility index (Phi) is 10.9. The molecule has 0 saturated heterocycles. The number of nitrogens with two attached hydrogens (primary N) is 3. The van der Waals surface area contributed by atoms with Crippen molar-refractivity contribution in [1.29, 1.82) is 0 Å². The van der Waals surface area contributed by atoms with Crippen molar-refractivity contribution in [2.75, 3.05) is 6.54 Å². The molecule has 1 aliphatic carbocycles. The van der Waals surface area contributed by atoms with Gasteiger partial charge >= 0.3 is 6.03 Å². The molecular weight excluding hydrogens is 466 g/mol. The van der Waals surface area contributed by atoms with Gasteiger partial charge in [0, 0.05) is 12.1 Å². The second-order valence-electron chi connectivity index (χ2n) is 9.56. The van der Waals surface area contributed by atoms with Crippen LogP contribution >= 0.6 is 0 Å². The number of amides is 3. The summed E-state index contributed by atoms with van der Waals surface area (Å²) < 4.78 is 0. The summed E-state index contributed by atoms with van der Waals surface area (Å²) in [6.07, 6.45) is 8.44. The predicted molar refractivity (Wildman–Crippen MR) is 148 cm³/mol. The van der Waals surface area contributed by atoms with E-state index in [4.69, 9.17) is 17.2 Å². The second kappa shape index (κ2) is 14.6. The number of urea groups is 1. The van der Waals surface area contributed by atoms with Crippen LogP contribution in [0.3, 0.4) is 0 Å². The highest BCUT2D eigenvalue weighted by molar-refractivity contribution is 6.08. The molecule has 2 aromatic rings. The van der Waals surface area contributed by atoms with Crippen LogP contribution < -0.4 is 27.8 Å². The first kappa shape index (κ1) is 27.7. The van der Waals surface area contributed by atoms with E-state index in [9.17, 15) is 9.59 Å². The van der Waals surface area contributed by atoms with Crippen LogP contribution in [0.4, 0.5) is 4.79 Å². The molecular formula is C28H39N7O2. The number of carbonyl (C=O) groups excluding carboxylic acids is 2. The Morgan fingerprint density at radius 3 is 2.24 bits per heavy atom. The molecule has 1 saturated carbocycles. The van der Waals surface area contributed by atoms with Gasteiger partial charge in [0.05, 0.1) is 6.54 Å². The van der Waals surface area contributed by atoms with Gasteiger partial charge in [-0.3, -0.25) is 20.1 Å². The molecule has 198 valence electrons. The van der Waals surface area contributed by atoms with Crippen LogP contribution in [-0.2, 0) is 17.8 Å². The summed E-state index contributed by atoms with van der Waals surface area (Å²) in [5.74, 6) is 0.516. The summed E-state index contributed by atoms with van der Waals surface area (Å²) in [6, 6.07) is 16.6. The second-order valence-corrected chi connectivity index (χ2v) is 9.56. The summed E-state index contributed by atoms with van der Waals surface area (Å²) in [5.41, 5.74) is 19.3. The van der Waals surface area contributed by atoms with E-state index in [1.807, 2.05) is 42.5 Å². The van der Waals surface area contributed by atoms with Crippen LogP contribution in [-0.4, -0.2) is 36.3 Å². The first-order valence-corrected chi connectivity index (χ1v) is 13.0. The first-order valence-electron chi connectivity index (χ1n) is 13.0. The average molecular weight is 506 g/mol. The topological polar surface area (TPSA) is 161 Å². The molecule has 3 rings (SSSR count). The predicted octanol–water partition coefficient (Wildman–Crippen LogP) is 2.96. The zero-order valence-electron chi connectivity index (χ0n) is 21.4. The third kappa shape index (κ3) is 9.95. The number of nitrogens with one attached hydrogen (secondary N) is 2. The minimum atomic E-state index is -0.859. The fraction of sp³-hybridized carbons (Fsp3) is 0.429. The number of guanidine groups is 1. The number of hydrogen-bond acceptors (Lipinski definition) is 4. The molecule has 0 radical (unpaired) electrons. The SMILES string of the molecule is NC(=O)[C@H](CCCN=C(N)N)NC(=O)NC(=NCc1ccccc1)c1ccc(CC2CCCCC2)cc1. The number of nitrogens with zero attached hydrogens (tertiary/aromatic N) is 2. The molecule has 1 aliphatic rings. The van der Waals surface area contributed by atoms with E-state index < -0.39 is 18.0 Å². The van der Waals surface area contributed by atoms with E-state index in [1.165, 1.54) is 37.7 Å². The fourth-order valence-electron chi connectivity index (χ4n) is 4.57. The molecule has 1 fully saturated rings. The van der Waals surface area contributed by atoms with Crippen LogP contribution in [0.2, 0.25) is 0 Å². The Morgan fingerprint density at radius 2 is 1.59 bits per heavy atom. The molecule has 3 amide bonds. The zero-order valence-corrected chi connectivity index (χ0v) is 21.4. The molecule has 1 atom stereocenters. The molecule has 37 heavy (non-hydrogen) atoms. The van der Waals surface area contributed by atoms with Crippen LogP contribution in [0.25, 0.3) is 0 Å². The fourth-order valence-corrected chi connectivity index (χ4v) is 4.57. The van der Waals surface area contributed by atoms with Crippen molar-refractivity contribution in [3.63, 3.8) is 0 Å². The van der Waals surface area contributed by atoms with Crippen LogP contribution in [0.5, 0.6) is 0 Å². The lowest BCUT2D eigenvalue weighted by molar-refractivity contribution is -0.119. The Hall–Kier alpha value is -3.88. The molecule has 9 heteroatoms. The Morgan fingerprint density at radius 1 is 0.892 bits per heavy atom. The minimum Gasteiger partial charge on any atom is -0.370 e. The number of primary amides is 1. The number of aliphatic imine (C=N–C) groups is 2. The number of benzene rings is 2. The van der Waals surface area contributed by atoms with E-state index in [0.717, 1.165) is 23.5 Å². The normalized spacial score (nSPS) is 15.0. The summed E-state index contributed by atoms with van der Waals surface area (Å²) >= 11 is 0. The number of hydrogen-bond donors (Lipinski definition) is 5. The molecule has 9 nitrogen and oxygen atoms in total. The quantitative estimate of drug-likeness (QED) is 0.180. The van der Waals surface area contributed by atoms with Crippen LogP contribution in [0.1, 0.15) is 61.6 Å². The van der Waals surface area contributed by atoms with Crippen molar-refractivity contribution in [3.05, 3.63) is 71.3 Å². The lowest BCUT2D eigenvalue weighted by Crippen LogP contribution is -2.50. The maximum Gasteiger partial charge on any atom is 0.321 e. The summed E-state index contributed by atoms with van der Waals surface area (Å²) in [5, 5.41) is 5.48. The van der Waals surface area contributed by atoms with E-state index in [2.05, 4.69) is 32.8 Å². The van der Waals surface area contributed by atoms with Crippen molar-refractivity contribution in [3.8, 4) is 0 Å². The number of amidine groups is 1. The van der Waals surface area contributed by atoms with Crippen LogP contribution in [0.15, 0.2) is 64.6 Å². The number of rotatable bonds is 11. The van der Waals surface area contributed by atoms with Gasteiger partial charge in [-0.15, -0.1) is 0 Å². The highest BCUT2D eigenvalue weighted by Crippen LogP contribution is 2.27. The summed E-state index contributed by atoms with van der Waals surface area (Å²) in [4.78, 5) is 33.3. The van der Waals surface area contributed by atoms with Gasteiger partial charge < -0.3 is 22.5 Å². The van der Waals surface area contributed by atoms with Crippen LogP contribution in [0, 0.1) is 5.92 Å². The Labute approximate surface area is 219 Å². The summed E-state index contributed by atoms with van der Waals surface area (Å²) in [7, 11) is 0. The molecule has 0 spiro atoms. The smallest absolute Gasteiger partial charge is 0.321 e. The van der Waals surface area contributed by atoms with Crippen molar-refractivity contribution < 1.29 is 9.59 Å². The zero-order chi connectivity index (χ0) is 26.5. The highest BCUT2D eigenvalue weighted by atomic mass is 16.2. The van der Waals surface area contributed by atoms with Gasteiger partial charge in [0.15, 0.2) is 5.96 Å². The first-order chi connectivity index (χ1) is 17.9. The minimum absolute atomic E-state index is 0.0228. The molecule has 0 aliphatic heterocycles. The third-order valence-electron chi connectivity index (χ3n) is 6.57. The van der Waals surface area contributed by atoms with Gasteiger partial charge in [-0.05, 0) is 36.3 Å². The summed E-state index contributed by atoms with van der Waals surface area (Å²) in [6.45, 7) is 0.741. The lowest BCUT2D eigenvalue weighted by Gasteiger charge is -2.21. The number of carbonyl (C=O) groups is 2. The average Bonchev–Trinajstić information content (AvgIpc) is 2.89. The maximum atomic E-state index is 12.8. The Balaban J connectivity index is 1.69. The molecule has 2 aromatic carbocycles. The third-order valence-corrected chi connectivity index (χ3v) is 6.57. The van der Waals surface area contributed by atoms with Crippen molar-refractivity contribution in [2.24, 2.45) is 33.1 Å². The van der Waals surface area contributed by atoms with Gasteiger partial charge in [-0.1, -0.05) is 86.7 Å². The Bertz CT molecular complexity index is 1060.